The lowest BCUT2D eigenvalue weighted by Crippen LogP contribution is -2.29. The molecule has 2 atom stereocenters. The Kier molecular flexibility index (Phi) is 2.43. The van der Waals surface area contributed by atoms with Crippen molar-refractivity contribution < 1.29 is 0 Å². The molecule has 0 nitrogen and oxygen atoms in total. The molecule has 70 valence electrons. The van der Waals surface area contributed by atoms with E-state index in [2.05, 4.69) is 13.8 Å². The van der Waals surface area contributed by atoms with Gasteiger partial charge in [-0.05, 0) is 49.4 Å². The SMILES string of the molecule is C[C@@H]1CCC2CC[C@@H](C)CC2C1. The van der Waals surface area contributed by atoms with Crippen LogP contribution in [-0.4, -0.2) is 0 Å². The predicted octanol–water partition coefficient (Wildman–Crippen LogP) is 3.86. The average Bonchev–Trinajstić information content (AvgIpc) is 2.03. The minimum Gasteiger partial charge on any atom is -0.0625 e. The predicted molar refractivity (Wildman–Crippen MR) is 53.0 cm³/mol. The van der Waals surface area contributed by atoms with Gasteiger partial charge in [0.15, 0.2) is 0 Å². The van der Waals surface area contributed by atoms with E-state index in [0.717, 1.165) is 23.7 Å². The molecule has 12 heavy (non-hydrogen) atoms. The highest BCUT2D eigenvalue weighted by atomic mass is 14.4. The van der Waals surface area contributed by atoms with Gasteiger partial charge in [0.25, 0.3) is 0 Å². The summed E-state index contributed by atoms with van der Waals surface area (Å²) in [7, 11) is 0. The van der Waals surface area contributed by atoms with Crippen LogP contribution in [0.3, 0.4) is 0 Å². The summed E-state index contributed by atoms with van der Waals surface area (Å²) in [6.45, 7) is 4.88. The first-order chi connectivity index (χ1) is 5.75. The summed E-state index contributed by atoms with van der Waals surface area (Å²) in [6.07, 6.45) is 9.17. The molecule has 0 N–H and O–H groups in total. The normalized spacial score (nSPS) is 48.5. The Morgan fingerprint density at radius 3 is 1.67 bits per heavy atom. The van der Waals surface area contributed by atoms with E-state index in [-0.39, 0.29) is 0 Å². The highest BCUT2D eigenvalue weighted by molar-refractivity contribution is 4.83. The number of fused-ring (bicyclic) bond motifs is 1. The Balaban J connectivity index is 1.94. The molecule has 0 bridgehead atoms. The van der Waals surface area contributed by atoms with Crippen LogP contribution in [0.2, 0.25) is 0 Å². The van der Waals surface area contributed by atoms with Gasteiger partial charge in [0, 0.05) is 0 Å². The summed E-state index contributed by atoms with van der Waals surface area (Å²) in [5.41, 5.74) is 0. The maximum Gasteiger partial charge on any atom is -0.0381 e. The van der Waals surface area contributed by atoms with E-state index in [9.17, 15) is 0 Å². The molecule has 0 radical (unpaired) electrons. The third kappa shape index (κ3) is 1.67. The van der Waals surface area contributed by atoms with E-state index in [0.29, 0.717) is 0 Å². The van der Waals surface area contributed by atoms with Crippen molar-refractivity contribution in [2.45, 2.75) is 52.4 Å². The van der Waals surface area contributed by atoms with Gasteiger partial charge >= 0.3 is 0 Å². The van der Waals surface area contributed by atoms with Gasteiger partial charge in [0.2, 0.25) is 0 Å². The Bertz CT molecular complexity index is 134. The summed E-state index contributed by atoms with van der Waals surface area (Å²) in [5.74, 6) is 4.28. The zero-order chi connectivity index (χ0) is 8.55. The van der Waals surface area contributed by atoms with Crippen LogP contribution in [0.1, 0.15) is 52.4 Å². The number of hydrogen-bond acceptors (Lipinski definition) is 0. The molecular weight excluding hydrogens is 144 g/mol. The summed E-state index contributed by atoms with van der Waals surface area (Å²) in [6, 6.07) is 0. The molecular formula is C12H22. The van der Waals surface area contributed by atoms with E-state index >= 15 is 0 Å². The maximum atomic E-state index is 2.44. The zero-order valence-electron chi connectivity index (χ0n) is 8.55. The minimum atomic E-state index is 1.02. The summed E-state index contributed by atoms with van der Waals surface area (Å²) >= 11 is 0. The van der Waals surface area contributed by atoms with Crippen LogP contribution < -0.4 is 0 Å². The fourth-order valence-corrected chi connectivity index (χ4v) is 3.36. The van der Waals surface area contributed by atoms with Crippen LogP contribution in [0, 0.1) is 23.7 Å². The van der Waals surface area contributed by atoms with E-state index < -0.39 is 0 Å². The molecule has 0 aromatic rings. The molecule has 0 aliphatic heterocycles. The van der Waals surface area contributed by atoms with Crippen LogP contribution in [0.15, 0.2) is 0 Å². The van der Waals surface area contributed by atoms with Crippen molar-refractivity contribution in [2.75, 3.05) is 0 Å². The van der Waals surface area contributed by atoms with Crippen LogP contribution in [0.5, 0.6) is 0 Å². The van der Waals surface area contributed by atoms with Crippen molar-refractivity contribution >= 4 is 0 Å². The lowest BCUT2D eigenvalue weighted by Gasteiger charge is -2.40. The Labute approximate surface area is 76.7 Å². The molecule has 2 saturated carbocycles. The summed E-state index contributed by atoms with van der Waals surface area (Å²) < 4.78 is 0. The molecule has 2 aliphatic rings. The molecule has 0 aromatic heterocycles. The third-order valence-electron chi connectivity index (χ3n) is 4.14. The molecule has 0 heteroatoms. The van der Waals surface area contributed by atoms with E-state index in [1.807, 2.05) is 0 Å². The standard InChI is InChI=1S/C12H22/c1-9-3-5-11-6-4-10(2)8-12(11)7-9/h9-12H,3-8H2,1-2H3/t9-,10-,11?,12?/m1/s1. The number of hydrogen-bond donors (Lipinski definition) is 0. The zero-order valence-corrected chi connectivity index (χ0v) is 8.55. The lowest BCUT2D eigenvalue weighted by atomic mass is 9.65. The second kappa shape index (κ2) is 3.40. The second-order valence-corrected chi connectivity index (χ2v) is 5.36. The fraction of sp³-hybridized carbons (Fsp3) is 1.00. The van der Waals surface area contributed by atoms with Gasteiger partial charge in [-0.15, -0.1) is 0 Å². The van der Waals surface area contributed by atoms with Crippen LogP contribution in [0.4, 0.5) is 0 Å². The molecule has 0 spiro atoms. The summed E-state index contributed by atoms with van der Waals surface area (Å²) in [5, 5.41) is 0. The lowest BCUT2D eigenvalue weighted by molar-refractivity contribution is 0.109. The van der Waals surface area contributed by atoms with Crippen molar-refractivity contribution in [3.8, 4) is 0 Å². The molecule has 0 amide bonds. The molecule has 0 heterocycles. The topological polar surface area (TPSA) is 0 Å². The van der Waals surface area contributed by atoms with Crippen molar-refractivity contribution in [1.82, 2.24) is 0 Å². The van der Waals surface area contributed by atoms with Gasteiger partial charge < -0.3 is 0 Å². The molecule has 0 unspecified atom stereocenters. The van der Waals surface area contributed by atoms with Crippen molar-refractivity contribution in [2.24, 2.45) is 23.7 Å². The second-order valence-electron chi connectivity index (χ2n) is 5.36. The first-order valence-electron chi connectivity index (χ1n) is 5.75. The maximum absolute atomic E-state index is 2.44. The largest absolute Gasteiger partial charge is 0.0625 e. The molecule has 0 aromatic carbocycles. The van der Waals surface area contributed by atoms with Gasteiger partial charge in [0.1, 0.15) is 0 Å². The van der Waals surface area contributed by atoms with E-state index in [1.165, 1.54) is 25.7 Å². The van der Waals surface area contributed by atoms with Crippen molar-refractivity contribution in [3.63, 3.8) is 0 Å². The molecule has 2 rings (SSSR count). The van der Waals surface area contributed by atoms with Crippen molar-refractivity contribution in [1.29, 1.82) is 0 Å². The number of rotatable bonds is 0. The molecule has 0 saturated heterocycles. The van der Waals surface area contributed by atoms with Crippen LogP contribution >= 0.6 is 0 Å². The first-order valence-corrected chi connectivity index (χ1v) is 5.75. The molecule has 2 aliphatic carbocycles. The van der Waals surface area contributed by atoms with Gasteiger partial charge in [-0.25, -0.2) is 0 Å². The quantitative estimate of drug-likeness (QED) is 0.512. The monoisotopic (exact) mass is 166 g/mol. The Hall–Kier alpha value is 0. The Morgan fingerprint density at radius 1 is 0.667 bits per heavy atom. The summed E-state index contributed by atoms with van der Waals surface area (Å²) in [4.78, 5) is 0. The van der Waals surface area contributed by atoms with Crippen molar-refractivity contribution in [3.05, 3.63) is 0 Å². The highest BCUT2D eigenvalue weighted by Crippen LogP contribution is 2.44. The van der Waals surface area contributed by atoms with Crippen LogP contribution in [0.25, 0.3) is 0 Å². The van der Waals surface area contributed by atoms with E-state index in [4.69, 9.17) is 0 Å². The average molecular weight is 166 g/mol. The van der Waals surface area contributed by atoms with Crippen LogP contribution in [-0.2, 0) is 0 Å². The van der Waals surface area contributed by atoms with Gasteiger partial charge in [-0.2, -0.15) is 0 Å². The fourth-order valence-electron chi connectivity index (χ4n) is 3.36. The van der Waals surface area contributed by atoms with Gasteiger partial charge in [0.05, 0.1) is 0 Å². The Morgan fingerprint density at radius 2 is 1.17 bits per heavy atom. The smallest absolute Gasteiger partial charge is 0.0381 e. The van der Waals surface area contributed by atoms with E-state index in [1.54, 1.807) is 12.8 Å². The van der Waals surface area contributed by atoms with Gasteiger partial charge in [-0.1, -0.05) is 26.7 Å². The minimum absolute atomic E-state index is 1.02. The first kappa shape index (κ1) is 8.59. The highest BCUT2D eigenvalue weighted by Gasteiger charge is 2.32. The van der Waals surface area contributed by atoms with Gasteiger partial charge in [-0.3, -0.25) is 0 Å². The molecule has 2 fully saturated rings. The third-order valence-corrected chi connectivity index (χ3v) is 4.14.